The molecule has 0 spiro atoms. The van der Waals surface area contributed by atoms with Crippen LogP contribution in [0.25, 0.3) is 0 Å². The Morgan fingerprint density at radius 1 is 1.06 bits per heavy atom. The first-order chi connectivity index (χ1) is 15.6. The van der Waals surface area contributed by atoms with Crippen molar-refractivity contribution < 1.29 is 17.9 Å². The van der Waals surface area contributed by atoms with Gasteiger partial charge in [0.2, 0.25) is 21.1 Å². The number of thioether (sulfide) groups is 1. The van der Waals surface area contributed by atoms with Crippen LogP contribution in [0.15, 0.2) is 58.9 Å². The highest BCUT2D eigenvalue weighted by molar-refractivity contribution is 8.01. The number of hydrogen-bond donors (Lipinski definition) is 1. The number of sulfonamides is 1. The third-order valence-corrected chi connectivity index (χ3v) is 7.98. The summed E-state index contributed by atoms with van der Waals surface area (Å²) in [5, 5.41) is 11.1. The lowest BCUT2D eigenvalue weighted by Gasteiger charge is -2.28. The molecule has 0 unspecified atom stereocenters. The SMILES string of the molecule is CC(C)CSc1nnc(NC(=O)[C@@H](C)N(c2ccc(Oc3ccccc3)cc2)S(C)(=O)=O)s1. The summed E-state index contributed by atoms with van der Waals surface area (Å²) in [7, 11) is -3.74. The Hall–Kier alpha value is -2.63. The van der Waals surface area contributed by atoms with E-state index >= 15 is 0 Å². The number of carbonyl (C=O) groups is 1. The highest BCUT2D eigenvalue weighted by Gasteiger charge is 2.29. The number of anilines is 2. The van der Waals surface area contributed by atoms with Crippen molar-refractivity contribution in [2.45, 2.75) is 31.2 Å². The minimum atomic E-state index is -3.74. The van der Waals surface area contributed by atoms with Crippen LogP contribution >= 0.6 is 23.1 Å². The van der Waals surface area contributed by atoms with E-state index < -0.39 is 22.0 Å². The molecular formula is C22H26N4O4S3. The molecule has 0 aliphatic carbocycles. The summed E-state index contributed by atoms with van der Waals surface area (Å²) < 4.78 is 32.7. The Bertz CT molecular complexity index is 1170. The molecule has 176 valence electrons. The average molecular weight is 507 g/mol. The maximum atomic E-state index is 12.8. The second-order valence-corrected chi connectivity index (χ2v) is 11.8. The van der Waals surface area contributed by atoms with Crippen LogP contribution in [0.1, 0.15) is 20.8 Å². The van der Waals surface area contributed by atoms with E-state index in [0.717, 1.165) is 20.7 Å². The Labute approximate surface area is 202 Å². The van der Waals surface area contributed by atoms with Gasteiger partial charge in [0.1, 0.15) is 17.5 Å². The Morgan fingerprint density at radius 2 is 1.70 bits per heavy atom. The number of benzene rings is 2. The third-order valence-electron chi connectivity index (χ3n) is 4.34. The van der Waals surface area contributed by atoms with E-state index in [1.807, 2.05) is 30.3 Å². The van der Waals surface area contributed by atoms with Gasteiger partial charge < -0.3 is 4.74 Å². The van der Waals surface area contributed by atoms with Crippen molar-refractivity contribution in [2.75, 3.05) is 21.6 Å². The van der Waals surface area contributed by atoms with E-state index in [1.54, 1.807) is 36.0 Å². The molecule has 0 aliphatic rings. The van der Waals surface area contributed by atoms with E-state index in [9.17, 15) is 13.2 Å². The lowest BCUT2D eigenvalue weighted by Crippen LogP contribution is -2.45. The molecule has 2 aromatic carbocycles. The predicted octanol–water partition coefficient (Wildman–Crippen LogP) is 4.87. The van der Waals surface area contributed by atoms with Crippen LogP contribution in [0, 0.1) is 5.92 Å². The standard InChI is InChI=1S/C22H26N4O4S3/c1-15(2)14-31-22-25-24-21(32-22)23-20(27)16(3)26(33(4,28)29)17-10-12-19(13-11-17)30-18-8-6-5-7-9-18/h5-13,15-16H,14H2,1-4H3,(H,23,24,27)/t16-/m1/s1. The van der Waals surface area contributed by atoms with Crippen molar-refractivity contribution in [1.82, 2.24) is 10.2 Å². The second kappa shape index (κ2) is 11.0. The van der Waals surface area contributed by atoms with Gasteiger partial charge in [0.05, 0.1) is 11.9 Å². The van der Waals surface area contributed by atoms with Gasteiger partial charge in [-0.1, -0.05) is 55.1 Å². The van der Waals surface area contributed by atoms with Crippen LogP contribution in [-0.2, 0) is 14.8 Å². The minimum absolute atomic E-state index is 0.332. The Balaban J connectivity index is 1.72. The van der Waals surface area contributed by atoms with E-state index in [2.05, 4.69) is 29.4 Å². The smallest absolute Gasteiger partial charge is 0.249 e. The van der Waals surface area contributed by atoms with Crippen molar-refractivity contribution in [3.05, 3.63) is 54.6 Å². The Morgan fingerprint density at radius 3 is 2.30 bits per heavy atom. The van der Waals surface area contributed by atoms with Crippen LogP contribution in [0.5, 0.6) is 11.5 Å². The molecule has 3 rings (SSSR count). The summed E-state index contributed by atoms with van der Waals surface area (Å²) >= 11 is 2.83. The van der Waals surface area contributed by atoms with Crippen molar-refractivity contribution in [1.29, 1.82) is 0 Å². The summed E-state index contributed by atoms with van der Waals surface area (Å²) in [6.07, 6.45) is 1.07. The molecule has 0 fully saturated rings. The van der Waals surface area contributed by atoms with E-state index in [4.69, 9.17) is 4.74 Å². The first kappa shape index (κ1) is 25.0. The second-order valence-electron chi connectivity index (χ2n) is 7.71. The first-order valence-corrected chi connectivity index (χ1v) is 13.9. The van der Waals surface area contributed by atoms with Gasteiger partial charge in [0, 0.05) is 5.75 Å². The topological polar surface area (TPSA) is 101 Å². The minimum Gasteiger partial charge on any atom is -0.457 e. The number of nitrogens with zero attached hydrogens (tertiary/aromatic N) is 3. The highest BCUT2D eigenvalue weighted by Crippen LogP contribution is 2.29. The summed E-state index contributed by atoms with van der Waals surface area (Å²) in [6, 6.07) is 14.8. The van der Waals surface area contributed by atoms with Gasteiger partial charge in [0.25, 0.3) is 0 Å². The van der Waals surface area contributed by atoms with Crippen molar-refractivity contribution in [3.63, 3.8) is 0 Å². The number of aromatic nitrogens is 2. The van der Waals surface area contributed by atoms with Crippen molar-refractivity contribution in [3.8, 4) is 11.5 Å². The molecule has 1 heterocycles. The van der Waals surface area contributed by atoms with E-state index in [0.29, 0.717) is 28.2 Å². The molecule has 0 bridgehead atoms. The van der Waals surface area contributed by atoms with Crippen molar-refractivity contribution in [2.24, 2.45) is 5.92 Å². The molecule has 1 atom stereocenters. The quantitative estimate of drug-likeness (QED) is 0.309. The lowest BCUT2D eigenvalue weighted by molar-refractivity contribution is -0.116. The molecular weight excluding hydrogens is 480 g/mol. The van der Waals surface area contributed by atoms with E-state index in [-0.39, 0.29) is 0 Å². The molecule has 3 aromatic rings. The molecule has 0 radical (unpaired) electrons. The summed E-state index contributed by atoms with van der Waals surface area (Å²) in [6.45, 7) is 5.75. The zero-order valence-electron chi connectivity index (χ0n) is 18.8. The highest BCUT2D eigenvalue weighted by atomic mass is 32.2. The number of hydrogen-bond acceptors (Lipinski definition) is 8. The number of rotatable bonds is 10. The zero-order valence-corrected chi connectivity index (χ0v) is 21.2. The largest absolute Gasteiger partial charge is 0.457 e. The fourth-order valence-electron chi connectivity index (χ4n) is 2.86. The Kier molecular flexibility index (Phi) is 8.33. The lowest BCUT2D eigenvalue weighted by atomic mass is 10.2. The number of nitrogens with one attached hydrogen (secondary N) is 1. The van der Waals surface area contributed by atoms with Gasteiger partial charge in [-0.2, -0.15) is 0 Å². The number of para-hydroxylation sites is 1. The third kappa shape index (κ3) is 7.18. The maximum absolute atomic E-state index is 12.8. The van der Waals surface area contributed by atoms with Gasteiger partial charge in [-0.05, 0) is 49.2 Å². The normalized spacial score (nSPS) is 12.4. The van der Waals surface area contributed by atoms with Crippen LogP contribution in [0.3, 0.4) is 0 Å². The van der Waals surface area contributed by atoms with Crippen LogP contribution < -0.4 is 14.4 Å². The fraction of sp³-hybridized carbons (Fsp3) is 0.318. The van der Waals surface area contributed by atoms with Gasteiger partial charge in [-0.15, -0.1) is 10.2 Å². The molecule has 1 N–H and O–H groups in total. The van der Waals surface area contributed by atoms with Gasteiger partial charge in [0.15, 0.2) is 4.34 Å². The van der Waals surface area contributed by atoms with E-state index in [1.165, 1.54) is 18.3 Å². The zero-order chi connectivity index (χ0) is 24.0. The summed E-state index contributed by atoms with van der Waals surface area (Å²) in [5.41, 5.74) is 0.353. The monoisotopic (exact) mass is 506 g/mol. The van der Waals surface area contributed by atoms with Gasteiger partial charge in [-0.25, -0.2) is 8.42 Å². The maximum Gasteiger partial charge on any atom is 0.249 e. The van der Waals surface area contributed by atoms with Crippen molar-refractivity contribution >= 4 is 49.8 Å². The fourth-order valence-corrected chi connectivity index (χ4v) is 5.77. The first-order valence-electron chi connectivity index (χ1n) is 10.2. The molecule has 1 amide bonds. The summed E-state index contributed by atoms with van der Waals surface area (Å²) in [5.74, 6) is 2.12. The summed E-state index contributed by atoms with van der Waals surface area (Å²) in [4.78, 5) is 12.8. The molecule has 8 nitrogen and oxygen atoms in total. The number of carbonyl (C=O) groups excluding carboxylic acids is 1. The predicted molar refractivity (Wildman–Crippen MR) is 134 cm³/mol. The average Bonchev–Trinajstić information content (AvgIpc) is 3.20. The number of amides is 1. The number of ether oxygens (including phenoxy) is 1. The van der Waals surface area contributed by atoms with Crippen LogP contribution in [0.4, 0.5) is 10.8 Å². The van der Waals surface area contributed by atoms with Crippen LogP contribution in [-0.4, -0.2) is 42.6 Å². The molecule has 0 saturated heterocycles. The molecule has 0 aliphatic heterocycles. The van der Waals surface area contributed by atoms with Gasteiger partial charge in [-0.3, -0.25) is 14.4 Å². The molecule has 11 heteroatoms. The van der Waals surface area contributed by atoms with Gasteiger partial charge >= 0.3 is 0 Å². The molecule has 33 heavy (non-hydrogen) atoms. The molecule has 0 saturated carbocycles. The molecule has 1 aromatic heterocycles. The van der Waals surface area contributed by atoms with Crippen LogP contribution in [0.2, 0.25) is 0 Å².